The summed E-state index contributed by atoms with van der Waals surface area (Å²) in [6.07, 6.45) is -1.04. The number of furan rings is 1. The van der Waals surface area contributed by atoms with Crippen LogP contribution in [0.25, 0.3) is 11.1 Å². The number of halogens is 1. The zero-order chi connectivity index (χ0) is 25.4. The van der Waals surface area contributed by atoms with Gasteiger partial charge in [-0.05, 0) is 35.4 Å². The van der Waals surface area contributed by atoms with Crippen LogP contribution in [0.4, 0.5) is 20.8 Å². The molecule has 1 unspecified atom stereocenters. The maximum atomic E-state index is 14.9. The number of hydrogen-bond acceptors (Lipinski definition) is 7. The van der Waals surface area contributed by atoms with Crippen molar-refractivity contribution < 1.29 is 28.2 Å². The second-order valence-electron chi connectivity index (χ2n) is 7.82. The standard InChI is InChI=1S/C24H25FN4O4.CH4O/c1-15(30)28-13-20-14-29(24(31)33-20)18-6-8-21(22(25)10-18)17-4-2-16(3-5-17)11-27-12-19-7-9-23(26)32-19;1-2/h2-10,20,27H,11-14,26H2,1H3,(H,28,30);2H,1H3. The minimum atomic E-state index is -0.563. The number of rotatable bonds is 8. The summed E-state index contributed by atoms with van der Waals surface area (Å²) in [5.41, 5.74) is 8.18. The molecular weight excluding hydrogens is 455 g/mol. The number of carbonyl (C=O) groups excluding carboxylic acids is 2. The van der Waals surface area contributed by atoms with Gasteiger partial charge in [-0.15, -0.1) is 0 Å². The van der Waals surface area contributed by atoms with Gasteiger partial charge in [0, 0.05) is 32.2 Å². The highest BCUT2D eigenvalue weighted by Gasteiger charge is 2.32. The molecule has 2 aromatic carbocycles. The number of ether oxygens (including phenoxy) is 1. The number of nitrogen functional groups attached to an aromatic ring is 1. The molecule has 1 aromatic heterocycles. The third-order valence-electron chi connectivity index (χ3n) is 5.29. The van der Waals surface area contributed by atoms with Gasteiger partial charge in [0.15, 0.2) is 5.88 Å². The molecule has 0 saturated carbocycles. The Hall–Kier alpha value is -3.89. The van der Waals surface area contributed by atoms with Gasteiger partial charge >= 0.3 is 6.09 Å². The van der Waals surface area contributed by atoms with E-state index < -0.39 is 18.0 Å². The van der Waals surface area contributed by atoms with Crippen molar-refractivity contribution in [2.75, 3.05) is 30.8 Å². The number of aliphatic hydroxyl groups excluding tert-OH is 1. The molecule has 9 nitrogen and oxygen atoms in total. The Balaban J connectivity index is 0.00000167. The quantitative estimate of drug-likeness (QED) is 0.387. The Kier molecular flexibility index (Phi) is 8.82. The number of aliphatic hydroxyl groups is 1. The maximum Gasteiger partial charge on any atom is 0.414 e. The molecule has 0 bridgehead atoms. The predicted octanol–water partition coefficient (Wildman–Crippen LogP) is 3.03. The van der Waals surface area contributed by atoms with Gasteiger partial charge in [-0.1, -0.05) is 24.3 Å². The summed E-state index contributed by atoms with van der Waals surface area (Å²) in [6.45, 7) is 3.03. The number of nitrogens with zero attached hydrogens (tertiary/aromatic N) is 1. The van der Waals surface area contributed by atoms with Crippen LogP contribution in [0.3, 0.4) is 0 Å². The number of anilines is 2. The third-order valence-corrected chi connectivity index (χ3v) is 5.29. The number of carbonyl (C=O) groups is 2. The lowest BCUT2D eigenvalue weighted by molar-refractivity contribution is -0.119. The first-order valence-electron chi connectivity index (χ1n) is 11.0. The van der Waals surface area contributed by atoms with Crippen LogP contribution in [-0.2, 0) is 22.6 Å². The highest BCUT2D eigenvalue weighted by atomic mass is 19.1. The minimum Gasteiger partial charge on any atom is -0.445 e. The monoisotopic (exact) mass is 484 g/mol. The first-order chi connectivity index (χ1) is 16.9. The van der Waals surface area contributed by atoms with Crippen molar-refractivity contribution in [1.29, 1.82) is 0 Å². The van der Waals surface area contributed by atoms with Crippen LogP contribution in [0.2, 0.25) is 0 Å². The van der Waals surface area contributed by atoms with Gasteiger partial charge in [0.2, 0.25) is 5.91 Å². The largest absolute Gasteiger partial charge is 0.445 e. The summed E-state index contributed by atoms with van der Waals surface area (Å²) < 4.78 is 25.4. The smallest absolute Gasteiger partial charge is 0.414 e. The lowest BCUT2D eigenvalue weighted by atomic mass is 10.0. The molecule has 186 valence electrons. The van der Waals surface area contributed by atoms with Crippen molar-refractivity contribution in [1.82, 2.24) is 10.6 Å². The van der Waals surface area contributed by atoms with Crippen LogP contribution in [0.5, 0.6) is 0 Å². The Morgan fingerprint density at radius 1 is 1.14 bits per heavy atom. The summed E-state index contributed by atoms with van der Waals surface area (Å²) in [6, 6.07) is 15.8. The highest BCUT2D eigenvalue weighted by Crippen LogP contribution is 2.29. The van der Waals surface area contributed by atoms with Crippen molar-refractivity contribution in [3.63, 3.8) is 0 Å². The van der Waals surface area contributed by atoms with Crippen LogP contribution < -0.4 is 21.3 Å². The first-order valence-corrected chi connectivity index (χ1v) is 11.0. The summed E-state index contributed by atoms with van der Waals surface area (Å²) in [7, 11) is 1.00. The molecule has 1 aliphatic rings. The predicted molar refractivity (Wildman–Crippen MR) is 130 cm³/mol. The number of nitrogens with two attached hydrogens (primary N) is 1. The van der Waals surface area contributed by atoms with E-state index in [1.165, 1.54) is 17.9 Å². The summed E-state index contributed by atoms with van der Waals surface area (Å²) in [4.78, 5) is 24.6. The Morgan fingerprint density at radius 2 is 1.89 bits per heavy atom. The Morgan fingerprint density at radius 3 is 2.51 bits per heavy atom. The second kappa shape index (κ2) is 12.0. The molecule has 4 rings (SSSR count). The molecular formula is C25H29FN4O5. The third kappa shape index (κ3) is 6.81. The summed E-state index contributed by atoms with van der Waals surface area (Å²) >= 11 is 0. The molecule has 1 saturated heterocycles. The van der Waals surface area contributed by atoms with E-state index in [2.05, 4.69) is 10.6 Å². The van der Waals surface area contributed by atoms with Gasteiger partial charge in [0.1, 0.15) is 17.7 Å². The van der Waals surface area contributed by atoms with Gasteiger partial charge < -0.3 is 30.6 Å². The minimum absolute atomic E-state index is 0.204. The molecule has 1 fully saturated rings. The SMILES string of the molecule is CC(=O)NCC1CN(c2ccc(-c3ccc(CNCc4ccc(N)o4)cc3)c(F)c2)C(=O)O1.CO. The second-order valence-corrected chi connectivity index (χ2v) is 7.82. The van der Waals surface area contributed by atoms with Crippen LogP contribution in [0, 0.1) is 5.82 Å². The number of benzene rings is 2. The lowest BCUT2D eigenvalue weighted by Gasteiger charge is -2.15. The molecule has 2 amide bonds. The number of amides is 2. The summed E-state index contributed by atoms with van der Waals surface area (Å²) in [5, 5.41) is 12.9. The fraction of sp³-hybridized carbons (Fsp3) is 0.280. The van der Waals surface area contributed by atoms with Gasteiger partial charge in [-0.25, -0.2) is 9.18 Å². The molecule has 3 aromatic rings. The Labute approximate surface area is 202 Å². The van der Waals surface area contributed by atoms with Crippen molar-refractivity contribution in [3.05, 3.63) is 71.7 Å². The molecule has 0 radical (unpaired) electrons. The normalized spacial score (nSPS) is 14.8. The molecule has 5 N–H and O–H groups in total. The van der Waals surface area contributed by atoms with Crippen LogP contribution in [-0.4, -0.2) is 43.4 Å². The summed E-state index contributed by atoms with van der Waals surface area (Å²) in [5.74, 6) is 0.501. The lowest BCUT2D eigenvalue weighted by Crippen LogP contribution is -2.33. The maximum absolute atomic E-state index is 14.9. The van der Waals surface area contributed by atoms with E-state index in [1.54, 1.807) is 18.2 Å². The molecule has 1 aliphatic heterocycles. The topological polar surface area (TPSA) is 130 Å². The van der Waals surface area contributed by atoms with E-state index in [9.17, 15) is 14.0 Å². The van der Waals surface area contributed by atoms with E-state index >= 15 is 0 Å². The van der Waals surface area contributed by atoms with E-state index in [-0.39, 0.29) is 19.0 Å². The zero-order valence-corrected chi connectivity index (χ0v) is 19.6. The molecule has 10 heteroatoms. The van der Waals surface area contributed by atoms with Gasteiger partial charge in [-0.2, -0.15) is 0 Å². The van der Waals surface area contributed by atoms with E-state index in [0.717, 1.165) is 24.0 Å². The van der Waals surface area contributed by atoms with Gasteiger partial charge in [-0.3, -0.25) is 9.69 Å². The van der Waals surface area contributed by atoms with Crippen LogP contribution in [0.15, 0.2) is 59.0 Å². The van der Waals surface area contributed by atoms with Crippen molar-refractivity contribution in [2.45, 2.75) is 26.1 Å². The van der Waals surface area contributed by atoms with E-state index in [4.69, 9.17) is 20.0 Å². The average molecular weight is 485 g/mol. The molecule has 35 heavy (non-hydrogen) atoms. The van der Waals surface area contributed by atoms with Gasteiger partial charge in [0.05, 0.1) is 25.3 Å². The van der Waals surface area contributed by atoms with Gasteiger partial charge in [0.25, 0.3) is 0 Å². The number of cyclic esters (lactones) is 1. The van der Waals surface area contributed by atoms with Crippen molar-refractivity contribution in [3.8, 4) is 11.1 Å². The van der Waals surface area contributed by atoms with E-state index in [1.807, 2.05) is 30.3 Å². The number of nitrogens with one attached hydrogen (secondary N) is 2. The first kappa shape index (κ1) is 25.7. The molecule has 2 heterocycles. The molecule has 0 spiro atoms. The van der Waals surface area contributed by atoms with Crippen LogP contribution >= 0.6 is 0 Å². The highest BCUT2D eigenvalue weighted by molar-refractivity contribution is 5.90. The van der Waals surface area contributed by atoms with Crippen molar-refractivity contribution >= 4 is 23.6 Å². The number of hydrogen-bond donors (Lipinski definition) is 4. The van der Waals surface area contributed by atoms with Crippen molar-refractivity contribution in [2.24, 2.45) is 0 Å². The molecule has 0 aliphatic carbocycles. The average Bonchev–Trinajstić information content (AvgIpc) is 3.44. The molecule has 1 atom stereocenters. The Bertz CT molecular complexity index is 1150. The zero-order valence-electron chi connectivity index (χ0n) is 19.6. The fourth-order valence-electron chi connectivity index (χ4n) is 3.62. The fourth-order valence-corrected chi connectivity index (χ4v) is 3.62. The van der Waals surface area contributed by atoms with E-state index in [0.29, 0.717) is 30.2 Å². The van der Waals surface area contributed by atoms with Crippen LogP contribution in [0.1, 0.15) is 18.2 Å².